The third kappa shape index (κ3) is 3.70. The van der Waals surface area contributed by atoms with Crippen LogP contribution in [0.2, 0.25) is 5.02 Å². The van der Waals surface area contributed by atoms with Crippen molar-refractivity contribution >= 4 is 28.8 Å². The second-order valence-electron chi connectivity index (χ2n) is 5.69. The monoisotopic (exact) mass is 406 g/mol. The molecular formula is C18H13ClF2N4O3. The molecule has 0 amide bonds. The van der Waals surface area contributed by atoms with Crippen molar-refractivity contribution in [2.24, 2.45) is 0 Å². The summed E-state index contributed by atoms with van der Waals surface area (Å²) >= 11 is 6.33. The minimum atomic E-state index is -1.13. The van der Waals surface area contributed by atoms with Crippen LogP contribution in [0.25, 0.3) is 11.1 Å². The average Bonchev–Trinajstić information content (AvgIpc) is 2.64. The molecule has 1 N–H and O–H groups in total. The lowest BCUT2D eigenvalue weighted by Gasteiger charge is -2.15. The number of ether oxygens (including phenoxy) is 1. The highest BCUT2D eigenvalue weighted by Gasteiger charge is 2.23. The van der Waals surface area contributed by atoms with Gasteiger partial charge in [0.15, 0.2) is 11.5 Å². The molecule has 0 fully saturated rings. The van der Waals surface area contributed by atoms with Crippen LogP contribution in [-0.4, -0.2) is 22.0 Å². The second kappa shape index (κ2) is 7.73. The molecule has 0 aliphatic carbocycles. The van der Waals surface area contributed by atoms with Crippen molar-refractivity contribution in [1.29, 1.82) is 0 Å². The summed E-state index contributed by atoms with van der Waals surface area (Å²) in [5.41, 5.74) is 0.132. The van der Waals surface area contributed by atoms with Gasteiger partial charge in [-0.15, -0.1) is 0 Å². The van der Waals surface area contributed by atoms with Crippen LogP contribution in [0, 0.1) is 28.7 Å². The molecule has 1 heterocycles. The van der Waals surface area contributed by atoms with Crippen molar-refractivity contribution in [3.63, 3.8) is 0 Å². The van der Waals surface area contributed by atoms with Gasteiger partial charge in [-0.25, -0.2) is 18.7 Å². The van der Waals surface area contributed by atoms with Crippen LogP contribution < -0.4 is 10.1 Å². The second-order valence-corrected chi connectivity index (χ2v) is 6.10. The summed E-state index contributed by atoms with van der Waals surface area (Å²) in [5.74, 6) is -1.59. The average molecular weight is 407 g/mol. The van der Waals surface area contributed by atoms with E-state index in [9.17, 15) is 18.9 Å². The Bertz CT molecular complexity index is 1080. The first-order valence-corrected chi connectivity index (χ1v) is 8.25. The van der Waals surface area contributed by atoms with Crippen LogP contribution in [0.3, 0.4) is 0 Å². The minimum absolute atomic E-state index is 0.0770. The van der Waals surface area contributed by atoms with Crippen LogP contribution in [0.15, 0.2) is 36.7 Å². The lowest BCUT2D eigenvalue weighted by atomic mass is 10.0. The number of halogens is 3. The first kappa shape index (κ1) is 19.4. The summed E-state index contributed by atoms with van der Waals surface area (Å²) in [7, 11) is 1.49. The van der Waals surface area contributed by atoms with E-state index in [-0.39, 0.29) is 5.82 Å². The van der Waals surface area contributed by atoms with Gasteiger partial charge < -0.3 is 10.1 Å². The molecule has 144 valence electrons. The molecule has 10 heteroatoms. The van der Waals surface area contributed by atoms with Gasteiger partial charge in [0.05, 0.1) is 28.8 Å². The summed E-state index contributed by atoms with van der Waals surface area (Å²) in [6, 6.07) is 6.07. The fraction of sp³-hybridized carbons (Fsp3) is 0.111. The van der Waals surface area contributed by atoms with Crippen molar-refractivity contribution in [2.45, 2.75) is 6.92 Å². The summed E-state index contributed by atoms with van der Waals surface area (Å²) in [4.78, 5) is 18.5. The number of nitrogens with one attached hydrogen (secondary N) is 1. The smallest absolute Gasteiger partial charge is 0.298 e. The highest BCUT2D eigenvalue weighted by atomic mass is 35.5. The van der Waals surface area contributed by atoms with E-state index >= 15 is 0 Å². The Balaban J connectivity index is 2.17. The van der Waals surface area contributed by atoms with Crippen molar-refractivity contribution in [3.8, 4) is 16.9 Å². The molecule has 2 aromatic carbocycles. The van der Waals surface area contributed by atoms with Crippen LogP contribution in [0.4, 0.5) is 26.0 Å². The molecule has 0 spiro atoms. The van der Waals surface area contributed by atoms with Crippen molar-refractivity contribution in [2.75, 3.05) is 12.4 Å². The van der Waals surface area contributed by atoms with Crippen LogP contribution in [-0.2, 0) is 0 Å². The number of benzene rings is 2. The minimum Gasteiger partial charge on any atom is -0.497 e. The number of anilines is 2. The molecule has 3 rings (SSSR count). The lowest BCUT2D eigenvalue weighted by Crippen LogP contribution is -2.05. The fourth-order valence-electron chi connectivity index (χ4n) is 2.66. The summed E-state index contributed by atoms with van der Waals surface area (Å²) in [6.07, 6.45) is 1.21. The molecule has 0 aliphatic rings. The van der Waals surface area contributed by atoms with Gasteiger partial charge in [-0.05, 0) is 25.1 Å². The topological polar surface area (TPSA) is 90.2 Å². The van der Waals surface area contributed by atoms with Gasteiger partial charge >= 0.3 is 0 Å². The summed E-state index contributed by atoms with van der Waals surface area (Å²) < 4.78 is 32.8. The Morgan fingerprint density at radius 1 is 1.21 bits per heavy atom. The zero-order chi connectivity index (χ0) is 20.4. The largest absolute Gasteiger partial charge is 0.497 e. The molecule has 0 unspecified atom stereocenters. The maximum atomic E-state index is 14.3. The normalized spacial score (nSPS) is 10.6. The number of nitrogens with zero attached hydrogens (tertiary/aromatic N) is 3. The molecule has 0 radical (unpaired) electrons. The van der Waals surface area contributed by atoms with E-state index in [4.69, 9.17) is 16.3 Å². The molecule has 3 aromatic rings. The zero-order valence-corrected chi connectivity index (χ0v) is 15.4. The van der Waals surface area contributed by atoms with Gasteiger partial charge in [0.1, 0.15) is 23.7 Å². The number of nitro benzene ring substituents is 1. The standard InChI is InChI=1S/C18H13ClF2N4O3/c1-9-16(12-4-3-11(28-2)7-13(12)19)18(23-8-22-9)24-17-14(21)5-10(20)6-15(17)25(26)27/h3-8H,1-2H3,(H,22,23,24). The van der Waals surface area contributed by atoms with Crippen LogP contribution in [0.5, 0.6) is 5.75 Å². The molecular weight excluding hydrogens is 394 g/mol. The highest BCUT2D eigenvalue weighted by molar-refractivity contribution is 6.33. The number of rotatable bonds is 5. The molecule has 0 saturated carbocycles. The number of methoxy groups -OCH3 is 1. The van der Waals surface area contributed by atoms with Crippen LogP contribution >= 0.6 is 11.6 Å². The maximum absolute atomic E-state index is 14.3. The van der Waals surface area contributed by atoms with Gasteiger partial charge in [-0.2, -0.15) is 0 Å². The third-order valence-corrected chi connectivity index (χ3v) is 4.27. The Morgan fingerprint density at radius 2 is 1.96 bits per heavy atom. The number of hydrogen-bond donors (Lipinski definition) is 1. The molecule has 0 bridgehead atoms. The first-order valence-electron chi connectivity index (χ1n) is 7.87. The SMILES string of the molecule is COc1ccc(-c2c(C)ncnc2Nc2c(F)cc(F)cc2[N+](=O)[O-])c(Cl)c1. The lowest BCUT2D eigenvalue weighted by molar-refractivity contribution is -0.384. The Morgan fingerprint density at radius 3 is 2.61 bits per heavy atom. The van der Waals surface area contributed by atoms with E-state index in [1.807, 2.05) is 0 Å². The molecule has 28 heavy (non-hydrogen) atoms. The van der Waals surface area contributed by atoms with Gasteiger partial charge in [-0.1, -0.05) is 11.6 Å². The van der Waals surface area contributed by atoms with E-state index in [0.717, 1.165) is 0 Å². The van der Waals surface area contributed by atoms with Crippen molar-refractivity contribution in [3.05, 3.63) is 69.1 Å². The van der Waals surface area contributed by atoms with Crippen LogP contribution in [0.1, 0.15) is 5.69 Å². The van der Waals surface area contributed by atoms with Crippen molar-refractivity contribution in [1.82, 2.24) is 9.97 Å². The Kier molecular flexibility index (Phi) is 5.36. The maximum Gasteiger partial charge on any atom is 0.298 e. The zero-order valence-electron chi connectivity index (χ0n) is 14.7. The van der Waals surface area contributed by atoms with Crippen molar-refractivity contribution < 1.29 is 18.4 Å². The van der Waals surface area contributed by atoms with E-state index in [1.54, 1.807) is 25.1 Å². The summed E-state index contributed by atoms with van der Waals surface area (Å²) in [6.45, 7) is 1.68. The van der Waals surface area contributed by atoms with Gasteiger partial charge in [0, 0.05) is 17.2 Å². The predicted octanol–water partition coefficient (Wildman–Crippen LogP) is 5.04. The Hall–Kier alpha value is -3.33. The number of nitro groups is 1. The van der Waals surface area contributed by atoms with E-state index in [2.05, 4.69) is 15.3 Å². The van der Waals surface area contributed by atoms with Gasteiger partial charge in [0.25, 0.3) is 5.69 Å². The molecule has 0 aliphatic heterocycles. The molecule has 0 saturated heterocycles. The summed E-state index contributed by atoms with van der Waals surface area (Å²) in [5, 5.41) is 14.1. The molecule has 0 atom stereocenters. The van der Waals surface area contributed by atoms with E-state index in [1.165, 1.54) is 13.4 Å². The third-order valence-electron chi connectivity index (χ3n) is 3.96. The Labute approximate surface area is 163 Å². The number of aryl methyl sites for hydroxylation is 1. The van der Waals surface area contributed by atoms with E-state index < -0.39 is 27.9 Å². The number of aromatic nitrogens is 2. The van der Waals surface area contributed by atoms with Gasteiger partial charge in [-0.3, -0.25) is 10.1 Å². The van der Waals surface area contributed by atoms with Gasteiger partial charge in [0.2, 0.25) is 0 Å². The highest BCUT2D eigenvalue weighted by Crippen LogP contribution is 2.39. The predicted molar refractivity (Wildman–Crippen MR) is 100 cm³/mol. The quantitative estimate of drug-likeness (QED) is 0.471. The number of hydrogen-bond acceptors (Lipinski definition) is 6. The molecule has 7 nitrogen and oxygen atoms in total. The first-order chi connectivity index (χ1) is 13.3. The molecule has 1 aromatic heterocycles. The van der Waals surface area contributed by atoms with E-state index in [0.29, 0.717) is 39.7 Å². The fourth-order valence-corrected chi connectivity index (χ4v) is 2.93.